The Bertz CT molecular complexity index is 488. The third-order valence-corrected chi connectivity index (χ3v) is 4.82. The number of carbonyl (C=O) groups is 1. The highest BCUT2D eigenvalue weighted by Crippen LogP contribution is 2.21. The van der Waals surface area contributed by atoms with E-state index in [2.05, 4.69) is 9.88 Å². The molecule has 0 unspecified atom stereocenters. The molecule has 3 rings (SSSR count). The Balaban J connectivity index is 1.51. The van der Waals surface area contributed by atoms with Crippen LogP contribution in [0.3, 0.4) is 0 Å². The molecule has 2 fully saturated rings. The molecule has 22 heavy (non-hydrogen) atoms. The zero-order valence-corrected chi connectivity index (χ0v) is 13.0. The minimum Gasteiger partial charge on any atom is -0.390 e. The fourth-order valence-electron chi connectivity index (χ4n) is 3.54. The molecule has 2 saturated heterocycles. The van der Waals surface area contributed by atoms with Gasteiger partial charge in [0.15, 0.2) is 0 Å². The number of aromatic nitrogens is 1. The number of aliphatic hydroxyl groups excluding tert-OH is 1. The van der Waals surface area contributed by atoms with E-state index >= 15 is 0 Å². The van der Waals surface area contributed by atoms with Gasteiger partial charge < -0.3 is 10.0 Å². The standard InChI is InChI=1S/C17H25N3O2/c21-16-13-20(12-15(16)19-9-2-1-3-10-19)17(22)7-6-14-5-4-8-18-11-14/h4-5,8,11,15-16,21H,1-3,6-7,9-10,12-13H2/t15-,16-/m1/s1. The molecule has 0 aromatic carbocycles. The van der Waals surface area contributed by atoms with Gasteiger partial charge in [0, 0.05) is 31.9 Å². The van der Waals surface area contributed by atoms with Crippen LogP contribution in [-0.4, -0.2) is 64.1 Å². The molecule has 0 bridgehead atoms. The number of nitrogens with zero attached hydrogens (tertiary/aromatic N) is 3. The lowest BCUT2D eigenvalue weighted by molar-refractivity contribution is -0.130. The Hall–Kier alpha value is -1.46. The van der Waals surface area contributed by atoms with E-state index < -0.39 is 6.10 Å². The van der Waals surface area contributed by atoms with Crippen LogP contribution in [0.4, 0.5) is 0 Å². The van der Waals surface area contributed by atoms with E-state index in [0.29, 0.717) is 25.9 Å². The summed E-state index contributed by atoms with van der Waals surface area (Å²) in [7, 11) is 0. The van der Waals surface area contributed by atoms with Crippen molar-refractivity contribution >= 4 is 5.91 Å². The molecule has 0 spiro atoms. The molecule has 2 aliphatic rings. The summed E-state index contributed by atoms with van der Waals surface area (Å²) in [5.41, 5.74) is 1.09. The summed E-state index contributed by atoms with van der Waals surface area (Å²) in [6.45, 7) is 3.26. The van der Waals surface area contributed by atoms with E-state index in [4.69, 9.17) is 0 Å². The van der Waals surface area contributed by atoms with Gasteiger partial charge in [0.2, 0.25) is 5.91 Å². The lowest BCUT2D eigenvalue weighted by atomic mass is 10.1. The molecular weight excluding hydrogens is 278 g/mol. The second kappa shape index (κ2) is 7.20. The molecule has 1 aromatic heterocycles. The number of β-amino-alcohol motifs (C(OH)–C–C–N with tert-alkyl or cyclic N) is 1. The van der Waals surface area contributed by atoms with E-state index in [1.54, 1.807) is 6.20 Å². The summed E-state index contributed by atoms with van der Waals surface area (Å²) in [5, 5.41) is 10.3. The zero-order chi connectivity index (χ0) is 15.4. The Morgan fingerprint density at radius 1 is 1.27 bits per heavy atom. The second-order valence-electron chi connectivity index (χ2n) is 6.39. The van der Waals surface area contributed by atoms with Crippen molar-refractivity contribution in [3.8, 4) is 0 Å². The maximum Gasteiger partial charge on any atom is 0.223 e. The van der Waals surface area contributed by atoms with E-state index in [1.165, 1.54) is 19.3 Å². The van der Waals surface area contributed by atoms with E-state index in [1.807, 2.05) is 23.2 Å². The molecule has 1 N–H and O–H groups in total. The van der Waals surface area contributed by atoms with Crippen LogP contribution in [0.15, 0.2) is 24.5 Å². The predicted molar refractivity (Wildman–Crippen MR) is 84.4 cm³/mol. The van der Waals surface area contributed by atoms with Gasteiger partial charge in [-0.3, -0.25) is 14.7 Å². The number of amides is 1. The zero-order valence-electron chi connectivity index (χ0n) is 13.0. The van der Waals surface area contributed by atoms with E-state index in [9.17, 15) is 9.90 Å². The first kappa shape index (κ1) is 15.4. The highest BCUT2D eigenvalue weighted by molar-refractivity contribution is 5.77. The molecule has 5 heteroatoms. The number of carbonyl (C=O) groups excluding carboxylic acids is 1. The topological polar surface area (TPSA) is 56.7 Å². The number of rotatable bonds is 4. The molecule has 2 aliphatic heterocycles. The average Bonchev–Trinajstić information content (AvgIpc) is 2.96. The number of hydrogen-bond acceptors (Lipinski definition) is 4. The first-order chi connectivity index (χ1) is 10.7. The number of likely N-dealkylation sites (tertiary alicyclic amines) is 2. The van der Waals surface area contributed by atoms with Gasteiger partial charge >= 0.3 is 0 Å². The average molecular weight is 303 g/mol. The summed E-state index contributed by atoms with van der Waals surface area (Å²) in [6, 6.07) is 4.02. The molecular formula is C17H25N3O2. The van der Waals surface area contributed by atoms with Crippen molar-refractivity contribution < 1.29 is 9.90 Å². The van der Waals surface area contributed by atoms with Gasteiger partial charge in [0.05, 0.1) is 12.1 Å². The van der Waals surface area contributed by atoms with Crippen LogP contribution in [0.5, 0.6) is 0 Å². The minimum atomic E-state index is -0.402. The van der Waals surface area contributed by atoms with Gasteiger partial charge in [-0.05, 0) is 44.0 Å². The largest absolute Gasteiger partial charge is 0.390 e. The van der Waals surface area contributed by atoms with Crippen molar-refractivity contribution in [2.75, 3.05) is 26.2 Å². The molecule has 1 aromatic rings. The fraction of sp³-hybridized carbons (Fsp3) is 0.647. The normalized spacial score (nSPS) is 26.3. The number of hydrogen-bond donors (Lipinski definition) is 1. The number of piperidine rings is 1. The Morgan fingerprint density at radius 2 is 2.09 bits per heavy atom. The third kappa shape index (κ3) is 3.65. The molecule has 2 atom stereocenters. The molecule has 120 valence electrons. The van der Waals surface area contributed by atoms with Crippen molar-refractivity contribution in [1.29, 1.82) is 0 Å². The SMILES string of the molecule is O=C(CCc1cccnc1)N1C[C@@H](O)[C@H](N2CCCCC2)C1. The molecule has 0 saturated carbocycles. The first-order valence-electron chi connectivity index (χ1n) is 8.33. The Labute approximate surface area is 131 Å². The number of pyridine rings is 1. The van der Waals surface area contributed by atoms with Crippen LogP contribution < -0.4 is 0 Å². The van der Waals surface area contributed by atoms with E-state index in [-0.39, 0.29) is 11.9 Å². The van der Waals surface area contributed by atoms with Gasteiger partial charge in [-0.25, -0.2) is 0 Å². The lowest BCUT2D eigenvalue weighted by Crippen LogP contribution is -2.46. The van der Waals surface area contributed by atoms with Gasteiger partial charge in [-0.15, -0.1) is 0 Å². The molecule has 3 heterocycles. The minimum absolute atomic E-state index is 0.127. The van der Waals surface area contributed by atoms with Crippen molar-refractivity contribution in [3.05, 3.63) is 30.1 Å². The van der Waals surface area contributed by atoms with Gasteiger partial charge in [0.1, 0.15) is 0 Å². The summed E-state index contributed by atoms with van der Waals surface area (Å²) in [6.07, 6.45) is 8.05. The van der Waals surface area contributed by atoms with Crippen LogP contribution in [0.25, 0.3) is 0 Å². The van der Waals surface area contributed by atoms with Crippen molar-refractivity contribution in [3.63, 3.8) is 0 Å². The second-order valence-corrected chi connectivity index (χ2v) is 6.39. The molecule has 0 radical (unpaired) electrons. The Kier molecular flexibility index (Phi) is 5.05. The predicted octanol–water partition coefficient (Wildman–Crippen LogP) is 1.07. The lowest BCUT2D eigenvalue weighted by Gasteiger charge is -2.33. The maximum absolute atomic E-state index is 12.4. The van der Waals surface area contributed by atoms with Crippen molar-refractivity contribution in [2.45, 2.75) is 44.2 Å². The van der Waals surface area contributed by atoms with Crippen LogP contribution in [0, 0.1) is 0 Å². The van der Waals surface area contributed by atoms with Crippen LogP contribution in [0.2, 0.25) is 0 Å². The number of aliphatic hydroxyl groups is 1. The highest BCUT2D eigenvalue weighted by Gasteiger charge is 2.37. The fourth-order valence-corrected chi connectivity index (χ4v) is 3.54. The van der Waals surface area contributed by atoms with Gasteiger partial charge in [-0.1, -0.05) is 12.5 Å². The molecule has 0 aliphatic carbocycles. The van der Waals surface area contributed by atoms with E-state index in [0.717, 1.165) is 18.7 Å². The molecule has 5 nitrogen and oxygen atoms in total. The van der Waals surface area contributed by atoms with Crippen LogP contribution in [0.1, 0.15) is 31.2 Å². The van der Waals surface area contributed by atoms with Crippen LogP contribution in [-0.2, 0) is 11.2 Å². The first-order valence-corrected chi connectivity index (χ1v) is 8.33. The summed E-state index contributed by atoms with van der Waals surface area (Å²) < 4.78 is 0. The van der Waals surface area contributed by atoms with Gasteiger partial charge in [-0.2, -0.15) is 0 Å². The third-order valence-electron chi connectivity index (χ3n) is 4.82. The summed E-state index contributed by atoms with van der Waals surface area (Å²) in [4.78, 5) is 20.6. The summed E-state index contributed by atoms with van der Waals surface area (Å²) >= 11 is 0. The number of aryl methyl sites for hydroxylation is 1. The maximum atomic E-state index is 12.4. The molecule has 1 amide bonds. The smallest absolute Gasteiger partial charge is 0.223 e. The summed E-state index contributed by atoms with van der Waals surface area (Å²) in [5.74, 6) is 0.141. The van der Waals surface area contributed by atoms with Crippen molar-refractivity contribution in [2.24, 2.45) is 0 Å². The van der Waals surface area contributed by atoms with Crippen LogP contribution >= 0.6 is 0 Å². The Morgan fingerprint density at radius 3 is 2.82 bits per heavy atom. The van der Waals surface area contributed by atoms with Gasteiger partial charge in [0.25, 0.3) is 0 Å². The quantitative estimate of drug-likeness (QED) is 0.904. The highest BCUT2D eigenvalue weighted by atomic mass is 16.3. The monoisotopic (exact) mass is 303 g/mol. The van der Waals surface area contributed by atoms with Crippen molar-refractivity contribution in [1.82, 2.24) is 14.8 Å².